The third-order valence-electron chi connectivity index (χ3n) is 9.57. The Morgan fingerprint density at radius 2 is 1.08 bits per heavy atom. The van der Waals surface area contributed by atoms with Crippen LogP contribution in [0.2, 0.25) is 0 Å². The van der Waals surface area contributed by atoms with Crippen LogP contribution >= 0.6 is 0 Å². The molecule has 6 aromatic carbocycles. The van der Waals surface area contributed by atoms with Crippen molar-refractivity contribution in [3.05, 3.63) is 158 Å². The van der Waals surface area contributed by atoms with Crippen molar-refractivity contribution in [1.29, 1.82) is 0 Å². The SMILES string of the molecule is c1cc(-c2ccc(-c3ccnc4c3ccc3cccnc34)nc2)cc(-c2nc3c4ccccc4c4ccccc4c3c3ccccc23)c1. The molecule has 0 atom stereocenters. The summed E-state index contributed by atoms with van der Waals surface area (Å²) in [7, 11) is 0. The van der Waals surface area contributed by atoms with Gasteiger partial charge in [0.25, 0.3) is 0 Å². The lowest BCUT2D eigenvalue weighted by Crippen LogP contribution is -1.93. The van der Waals surface area contributed by atoms with E-state index >= 15 is 0 Å². The number of hydrogen-bond donors (Lipinski definition) is 0. The van der Waals surface area contributed by atoms with Gasteiger partial charge in [0.2, 0.25) is 0 Å². The molecular formula is C44H26N4. The van der Waals surface area contributed by atoms with Crippen LogP contribution in [0.4, 0.5) is 0 Å². The number of pyridine rings is 4. The van der Waals surface area contributed by atoms with Gasteiger partial charge in [0, 0.05) is 62.2 Å². The summed E-state index contributed by atoms with van der Waals surface area (Å²) < 4.78 is 0. The van der Waals surface area contributed by atoms with E-state index in [1.165, 1.54) is 32.3 Å². The molecule has 10 rings (SSSR count). The second-order valence-corrected chi connectivity index (χ2v) is 12.2. The van der Waals surface area contributed by atoms with Crippen molar-refractivity contribution < 1.29 is 0 Å². The summed E-state index contributed by atoms with van der Waals surface area (Å²) in [5, 5.41) is 10.5. The second-order valence-electron chi connectivity index (χ2n) is 12.2. The highest BCUT2D eigenvalue weighted by atomic mass is 14.7. The summed E-state index contributed by atoms with van der Waals surface area (Å²) in [5.74, 6) is 0. The Morgan fingerprint density at radius 1 is 0.375 bits per heavy atom. The number of rotatable bonds is 3. The summed E-state index contributed by atoms with van der Waals surface area (Å²) in [6, 6.07) is 49.2. The Kier molecular flexibility index (Phi) is 5.84. The molecule has 0 spiro atoms. The summed E-state index contributed by atoms with van der Waals surface area (Å²) in [4.78, 5) is 19.7. The van der Waals surface area contributed by atoms with Crippen LogP contribution in [0.15, 0.2) is 158 Å². The third kappa shape index (κ3) is 4.03. The molecule has 0 saturated heterocycles. The molecule has 0 amide bonds. The van der Waals surface area contributed by atoms with E-state index in [-0.39, 0.29) is 0 Å². The van der Waals surface area contributed by atoms with Gasteiger partial charge < -0.3 is 0 Å². The monoisotopic (exact) mass is 610 g/mol. The average molecular weight is 611 g/mol. The van der Waals surface area contributed by atoms with Gasteiger partial charge in [-0.25, -0.2) is 4.98 Å². The third-order valence-corrected chi connectivity index (χ3v) is 9.57. The van der Waals surface area contributed by atoms with Crippen molar-refractivity contribution in [3.63, 3.8) is 0 Å². The van der Waals surface area contributed by atoms with E-state index in [0.29, 0.717) is 0 Å². The minimum absolute atomic E-state index is 0.889. The molecule has 0 aliphatic rings. The molecule has 0 bridgehead atoms. The molecule has 0 aliphatic carbocycles. The van der Waals surface area contributed by atoms with Gasteiger partial charge in [-0.1, -0.05) is 115 Å². The first-order valence-electron chi connectivity index (χ1n) is 16.1. The van der Waals surface area contributed by atoms with Gasteiger partial charge in [0.15, 0.2) is 0 Å². The minimum atomic E-state index is 0.889. The van der Waals surface area contributed by atoms with Gasteiger partial charge in [-0.2, -0.15) is 0 Å². The first-order valence-corrected chi connectivity index (χ1v) is 16.1. The number of aromatic nitrogens is 4. The maximum absolute atomic E-state index is 5.46. The topological polar surface area (TPSA) is 51.6 Å². The Hall–Kier alpha value is -6.52. The van der Waals surface area contributed by atoms with Crippen LogP contribution in [0.5, 0.6) is 0 Å². The fourth-order valence-corrected chi connectivity index (χ4v) is 7.36. The predicted octanol–water partition coefficient (Wildman–Crippen LogP) is 11.2. The van der Waals surface area contributed by atoms with Crippen LogP contribution in [0.3, 0.4) is 0 Å². The van der Waals surface area contributed by atoms with E-state index in [1.54, 1.807) is 0 Å². The molecule has 222 valence electrons. The summed E-state index contributed by atoms with van der Waals surface area (Å²) in [5.41, 5.74) is 8.96. The zero-order chi connectivity index (χ0) is 31.6. The standard InChI is InChI=1S/C44H26N4/c1-3-14-34-31(12-1)32-13-2-5-16-36(32)43-40(34)35-15-4-6-17-37(35)41(48-43)29-10-7-9-28(25-29)30-19-21-39(47-26-30)33-22-24-46-44-38(33)20-18-27-11-8-23-45-42(27)44/h1-26H. The summed E-state index contributed by atoms with van der Waals surface area (Å²) in [6.45, 7) is 0. The van der Waals surface area contributed by atoms with E-state index in [9.17, 15) is 0 Å². The van der Waals surface area contributed by atoms with Gasteiger partial charge in [-0.15, -0.1) is 0 Å². The molecule has 0 saturated carbocycles. The van der Waals surface area contributed by atoms with Crippen LogP contribution in [0.1, 0.15) is 0 Å². The zero-order valence-corrected chi connectivity index (χ0v) is 25.8. The van der Waals surface area contributed by atoms with Crippen molar-refractivity contribution in [3.8, 4) is 33.6 Å². The zero-order valence-electron chi connectivity index (χ0n) is 25.8. The largest absolute Gasteiger partial charge is 0.256 e. The molecule has 0 aliphatic heterocycles. The smallest absolute Gasteiger partial charge is 0.0971 e. The van der Waals surface area contributed by atoms with Crippen LogP contribution in [-0.4, -0.2) is 19.9 Å². The van der Waals surface area contributed by atoms with Crippen molar-refractivity contribution >= 4 is 65.0 Å². The molecule has 0 fully saturated rings. The Bertz CT molecular complexity index is 2890. The minimum Gasteiger partial charge on any atom is -0.256 e. The van der Waals surface area contributed by atoms with Gasteiger partial charge in [-0.05, 0) is 51.4 Å². The highest BCUT2D eigenvalue weighted by molar-refractivity contribution is 6.31. The molecule has 0 N–H and O–H groups in total. The molecule has 10 aromatic rings. The fourth-order valence-electron chi connectivity index (χ4n) is 7.36. The van der Waals surface area contributed by atoms with Crippen LogP contribution in [0.25, 0.3) is 98.7 Å². The quantitative estimate of drug-likeness (QED) is 0.187. The highest BCUT2D eigenvalue weighted by Crippen LogP contribution is 2.41. The number of nitrogens with zero attached hydrogens (tertiary/aromatic N) is 4. The van der Waals surface area contributed by atoms with Crippen LogP contribution in [-0.2, 0) is 0 Å². The van der Waals surface area contributed by atoms with E-state index in [4.69, 9.17) is 9.97 Å². The maximum Gasteiger partial charge on any atom is 0.0971 e. The van der Waals surface area contributed by atoms with Crippen molar-refractivity contribution in [2.45, 2.75) is 0 Å². The lowest BCUT2D eigenvalue weighted by atomic mass is 9.92. The lowest BCUT2D eigenvalue weighted by molar-refractivity contribution is 1.32. The summed E-state index contributed by atoms with van der Waals surface area (Å²) >= 11 is 0. The van der Waals surface area contributed by atoms with Gasteiger partial charge in [0.05, 0.1) is 27.9 Å². The molecule has 0 unspecified atom stereocenters. The van der Waals surface area contributed by atoms with Crippen molar-refractivity contribution in [2.24, 2.45) is 0 Å². The first kappa shape index (κ1) is 26.7. The van der Waals surface area contributed by atoms with E-state index in [2.05, 4.69) is 137 Å². The van der Waals surface area contributed by atoms with E-state index in [1.807, 2.05) is 30.7 Å². The molecule has 4 heterocycles. The van der Waals surface area contributed by atoms with Crippen LogP contribution < -0.4 is 0 Å². The molecule has 4 heteroatoms. The molecule has 4 nitrogen and oxygen atoms in total. The molecule has 0 radical (unpaired) electrons. The predicted molar refractivity (Wildman–Crippen MR) is 199 cm³/mol. The molecular weight excluding hydrogens is 585 g/mol. The fraction of sp³-hybridized carbons (Fsp3) is 0. The Labute approximate surface area is 276 Å². The first-order chi connectivity index (χ1) is 23.8. The van der Waals surface area contributed by atoms with Gasteiger partial charge >= 0.3 is 0 Å². The molecule has 48 heavy (non-hydrogen) atoms. The van der Waals surface area contributed by atoms with Crippen LogP contribution in [0, 0.1) is 0 Å². The highest BCUT2D eigenvalue weighted by Gasteiger charge is 2.17. The summed E-state index contributed by atoms with van der Waals surface area (Å²) in [6.07, 6.45) is 5.63. The number of fused-ring (bicyclic) bond motifs is 11. The molecule has 4 aromatic heterocycles. The second kappa shape index (κ2) is 10.5. The maximum atomic E-state index is 5.46. The van der Waals surface area contributed by atoms with Gasteiger partial charge in [-0.3, -0.25) is 15.0 Å². The van der Waals surface area contributed by atoms with Crippen molar-refractivity contribution in [1.82, 2.24) is 19.9 Å². The number of hydrogen-bond acceptors (Lipinski definition) is 4. The lowest BCUT2D eigenvalue weighted by Gasteiger charge is -2.15. The Morgan fingerprint density at radius 3 is 1.90 bits per heavy atom. The van der Waals surface area contributed by atoms with E-state index in [0.717, 1.165) is 66.4 Å². The van der Waals surface area contributed by atoms with E-state index < -0.39 is 0 Å². The Balaban J connectivity index is 1.12. The number of benzene rings is 6. The van der Waals surface area contributed by atoms with Gasteiger partial charge in [0.1, 0.15) is 0 Å². The normalized spacial score (nSPS) is 11.8. The van der Waals surface area contributed by atoms with Crippen molar-refractivity contribution in [2.75, 3.05) is 0 Å². The average Bonchev–Trinajstić information content (AvgIpc) is 3.17.